The zero-order valence-corrected chi connectivity index (χ0v) is 13.1. The molecule has 8 nitrogen and oxygen atoms in total. The molecule has 2 atom stereocenters. The molecule has 3 heterocycles. The average Bonchev–Trinajstić information content (AvgIpc) is 3.11. The molecular weight excluding hydrogens is 310 g/mol. The van der Waals surface area contributed by atoms with Crippen LogP contribution in [0.25, 0.3) is 0 Å². The number of fused-ring (bicyclic) bond motifs is 4. The van der Waals surface area contributed by atoms with E-state index in [1.807, 2.05) is 37.4 Å². The van der Waals surface area contributed by atoms with Gasteiger partial charge < -0.3 is 10.1 Å². The summed E-state index contributed by atoms with van der Waals surface area (Å²) in [7, 11) is 1.81. The summed E-state index contributed by atoms with van der Waals surface area (Å²) in [5, 5.41) is 17.8. The summed E-state index contributed by atoms with van der Waals surface area (Å²) in [6.07, 6.45) is 3.09. The van der Waals surface area contributed by atoms with Crippen LogP contribution in [0.15, 0.2) is 41.7 Å². The van der Waals surface area contributed by atoms with Crippen LogP contribution in [0, 0.1) is 0 Å². The second kappa shape index (κ2) is 5.64. The number of hydrogen-bond acceptors (Lipinski definition) is 5. The molecule has 2 aliphatic rings. The Balaban J connectivity index is 1.64. The van der Waals surface area contributed by atoms with Crippen molar-refractivity contribution in [1.29, 1.82) is 0 Å². The van der Waals surface area contributed by atoms with Crippen LogP contribution >= 0.6 is 0 Å². The van der Waals surface area contributed by atoms with Crippen LogP contribution in [0.5, 0.6) is 0 Å². The number of aromatic nitrogens is 2. The molecule has 1 aromatic heterocycles. The quantitative estimate of drug-likeness (QED) is 0.528. The van der Waals surface area contributed by atoms with Crippen molar-refractivity contribution in [3.63, 3.8) is 0 Å². The number of benzene rings is 1. The zero-order chi connectivity index (χ0) is 16.7. The van der Waals surface area contributed by atoms with Crippen LogP contribution < -0.4 is 0 Å². The van der Waals surface area contributed by atoms with E-state index in [1.165, 1.54) is 11.3 Å². The number of carbonyl (C=O) groups is 1. The van der Waals surface area contributed by atoms with Gasteiger partial charge in [-0.15, -0.1) is 0 Å². The minimum absolute atomic E-state index is 0.215. The predicted octanol–water partition coefficient (Wildman–Crippen LogP) is 1.85. The van der Waals surface area contributed by atoms with E-state index in [9.17, 15) is 4.79 Å². The topological polar surface area (TPSA) is 83.2 Å². The van der Waals surface area contributed by atoms with E-state index in [2.05, 4.69) is 10.3 Å². The molecule has 0 saturated carbocycles. The number of hydrogen-bond donors (Lipinski definition) is 1. The van der Waals surface area contributed by atoms with E-state index < -0.39 is 6.04 Å². The molecule has 24 heavy (non-hydrogen) atoms. The Morgan fingerprint density at radius 1 is 1.42 bits per heavy atom. The van der Waals surface area contributed by atoms with E-state index in [0.717, 1.165) is 16.8 Å². The summed E-state index contributed by atoms with van der Waals surface area (Å²) >= 11 is 0. The molecule has 2 aliphatic heterocycles. The van der Waals surface area contributed by atoms with Crippen molar-refractivity contribution >= 4 is 12.2 Å². The molecule has 2 unspecified atom stereocenters. The van der Waals surface area contributed by atoms with Gasteiger partial charge in [0.25, 0.3) is 0 Å². The van der Waals surface area contributed by atoms with Gasteiger partial charge in [0.05, 0.1) is 24.7 Å². The lowest BCUT2D eigenvalue weighted by Gasteiger charge is -2.28. The summed E-state index contributed by atoms with van der Waals surface area (Å²) < 4.78 is 1.70. The van der Waals surface area contributed by atoms with Crippen LogP contribution in [0.4, 0.5) is 4.79 Å². The Morgan fingerprint density at radius 2 is 2.21 bits per heavy atom. The number of hydroxylamine groups is 2. The highest BCUT2D eigenvalue weighted by Crippen LogP contribution is 2.43. The summed E-state index contributed by atoms with van der Waals surface area (Å²) in [4.78, 5) is 20.2. The van der Waals surface area contributed by atoms with Crippen molar-refractivity contribution in [2.24, 2.45) is 12.2 Å². The van der Waals surface area contributed by atoms with Crippen molar-refractivity contribution in [2.75, 3.05) is 6.54 Å². The van der Waals surface area contributed by atoms with Gasteiger partial charge in [0.2, 0.25) is 0 Å². The van der Waals surface area contributed by atoms with Crippen LogP contribution in [-0.4, -0.2) is 43.7 Å². The SMILES string of the molecule is Cn1ncc2c1C(/C=N/O)N1CC2N(OCc2ccccc2)C1=O. The number of oxime groups is 1. The van der Waals surface area contributed by atoms with Crippen molar-refractivity contribution in [2.45, 2.75) is 18.7 Å². The molecule has 2 aromatic rings. The first-order valence-corrected chi connectivity index (χ1v) is 7.66. The Hall–Kier alpha value is -2.87. The predicted molar refractivity (Wildman–Crippen MR) is 84.1 cm³/mol. The van der Waals surface area contributed by atoms with Gasteiger partial charge in [-0.3, -0.25) is 9.52 Å². The lowest BCUT2D eigenvalue weighted by Crippen LogP contribution is -2.36. The largest absolute Gasteiger partial charge is 0.411 e. The first-order chi connectivity index (χ1) is 11.7. The van der Waals surface area contributed by atoms with Crippen LogP contribution in [0.2, 0.25) is 0 Å². The summed E-state index contributed by atoms with van der Waals surface area (Å²) in [6, 6.07) is 8.78. The van der Waals surface area contributed by atoms with Crippen molar-refractivity contribution in [3.8, 4) is 0 Å². The molecule has 1 fully saturated rings. The van der Waals surface area contributed by atoms with Gasteiger partial charge >= 0.3 is 6.03 Å². The maximum atomic E-state index is 12.7. The third-order valence-electron chi connectivity index (χ3n) is 4.50. The molecule has 2 bridgehead atoms. The van der Waals surface area contributed by atoms with Crippen molar-refractivity contribution < 1.29 is 14.8 Å². The van der Waals surface area contributed by atoms with Gasteiger partial charge in [0.1, 0.15) is 18.7 Å². The van der Waals surface area contributed by atoms with Crippen molar-refractivity contribution in [1.82, 2.24) is 19.7 Å². The highest BCUT2D eigenvalue weighted by Gasteiger charge is 2.50. The summed E-state index contributed by atoms with van der Waals surface area (Å²) in [6.45, 7) is 0.786. The van der Waals surface area contributed by atoms with Crippen LogP contribution in [0.1, 0.15) is 28.9 Å². The number of aryl methyl sites for hydroxylation is 1. The van der Waals surface area contributed by atoms with E-state index in [1.54, 1.807) is 15.8 Å². The normalized spacial score (nSPS) is 22.5. The summed E-state index contributed by atoms with van der Waals surface area (Å²) in [5.74, 6) is 0. The highest BCUT2D eigenvalue weighted by atomic mass is 16.7. The number of amides is 2. The minimum Gasteiger partial charge on any atom is -0.411 e. The van der Waals surface area contributed by atoms with E-state index in [0.29, 0.717) is 13.2 Å². The molecule has 2 amide bonds. The Labute approximate surface area is 138 Å². The van der Waals surface area contributed by atoms with Crippen LogP contribution in [0.3, 0.4) is 0 Å². The number of carbonyl (C=O) groups excluding carboxylic acids is 1. The number of urea groups is 1. The fraction of sp³-hybridized carbons (Fsp3) is 0.312. The van der Waals surface area contributed by atoms with E-state index in [-0.39, 0.29) is 12.1 Å². The van der Waals surface area contributed by atoms with E-state index in [4.69, 9.17) is 10.0 Å². The molecule has 1 saturated heterocycles. The Morgan fingerprint density at radius 3 is 2.96 bits per heavy atom. The van der Waals surface area contributed by atoms with Gasteiger partial charge in [0, 0.05) is 12.6 Å². The number of nitrogens with zero attached hydrogens (tertiary/aromatic N) is 5. The smallest absolute Gasteiger partial charge is 0.345 e. The molecule has 8 heteroatoms. The fourth-order valence-corrected chi connectivity index (χ4v) is 3.36. The van der Waals surface area contributed by atoms with Gasteiger partial charge in [-0.25, -0.2) is 4.79 Å². The lowest BCUT2D eigenvalue weighted by molar-refractivity contribution is -0.141. The average molecular weight is 327 g/mol. The standard InChI is InChI=1S/C16H17N5O3/c1-19-15-12(7-17-19)14-9-20(13(15)8-18-23)16(22)21(14)24-10-11-5-3-2-4-6-11/h2-8,13-14,23H,9-10H2,1H3/b18-8+. The maximum Gasteiger partial charge on any atom is 0.345 e. The zero-order valence-electron chi connectivity index (χ0n) is 13.1. The third kappa shape index (κ3) is 2.15. The Kier molecular flexibility index (Phi) is 3.46. The van der Waals surface area contributed by atoms with Crippen LogP contribution in [-0.2, 0) is 18.5 Å². The molecule has 1 N–H and O–H groups in total. The fourth-order valence-electron chi connectivity index (χ4n) is 3.36. The maximum absolute atomic E-state index is 12.7. The van der Waals surface area contributed by atoms with E-state index >= 15 is 0 Å². The van der Waals surface area contributed by atoms with Gasteiger partial charge in [0.15, 0.2) is 0 Å². The highest BCUT2D eigenvalue weighted by molar-refractivity contribution is 5.83. The third-order valence-corrected chi connectivity index (χ3v) is 4.50. The van der Waals surface area contributed by atoms with Gasteiger partial charge in [-0.2, -0.15) is 10.2 Å². The minimum atomic E-state index is -0.452. The monoisotopic (exact) mass is 327 g/mol. The summed E-state index contributed by atoms with van der Waals surface area (Å²) in [5.41, 5.74) is 2.74. The number of rotatable bonds is 4. The second-order valence-corrected chi connectivity index (χ2v) is 5.85. The molecule has 124 valence electrons. The Bertz CT molecular complexity index is 788. The molecule has 0 spiro atoms. The van der Waals surface area contributed by atoms with Gasteiger partial charge in [-0.1, -0.05) is 35.5 Å². The molecule has 0 aliphatic carbocycles. The molecular formula is C16H17N5O3. The first-order valence-electron chi connectivity index (χ1n) is 7.66. The molecule has 4 rings (SSSR count). The lowest BCUT2D eigenvalue weighted by atomic mass is 9.99. The van der Waals surface area contributed by atoms with Gasteiger partial charge in [-0.05, 0) is 5.56 Å². The molecule has 1 aromatic carbocycles. The first kappa shape index (κ1) is 14.7. The van der Waals surface area contributed by atoms with Crippen molar-refractivity contribution in [3.05, 3.63) is 53.3 Å². The second-order valence-electron chi connectivity index (χ2n) is 5.85. The molecule has 0 radical (unpaired) electrons.